The van der Waals surface area contributed by atoms with Crippen LogP contribution in [0.5, 0.6) is 0 Å². The van der Waals surface area contributed by atoms with E-state index >= 15 is 0 Å². The van der Waals surface area contributed by atoms with Crippen LogP contribution in [0.25, 0.3) is 17.1 Å². The van der Waals surface area contributed by atoms with Crippen LogP contribution in [0.3, 0.4) is 0 Å². The molecular formula is C28H30Cl3N7O2S. The monoisotopic (exact) mass is 633 g/mol. The van der Waals surface area contributed by atoms with Crippen LogP contribution >= 0.6 is 47.0 Å². The summed E-state index contributed by atoms with van der Waals surface area (Å²) in [4.78, 5) is 24.7. The van der Waals surface area contributed by atoms with Crippen LogP contribution in [0.4, 0.5) is 5.69 Å². The zero-order valence-electron chi connectivity index (χ0n) is 22.6. The van der Waals surface area contributed by atoms with Crippen molar-refractivity contribution in [3.05, 3.63) is 78.9 Å². The molecule has 0 saturated carbocycles. The first-order chi connectivity index (χ1) is 19.7. The Labute approximate surface area is 258 Å². The molecule has 41 heavy (non-hydrogen) atoms. The van der Waals surface area contributed by atoms with Gasteiger partial charge in [-0.1, -0.05) is 60.8 Å². The van der Waals surface area contributed by atoms with Crippen LogP contribution in [0.1, 0.15) is 36.8 Å². The SMILES string of the molecule is CC(C)c1[nH]n(-c2c(Cl)cc(Cl)cc2Cl)c2nc(Cc3ccc(NC(=S)NCCN4CCOCC4)cc3)nc(=O)c1-2. The number of hydrogen-bond donors (Lipinski definition) is 3. The van der Waals surface area contributed by atoms with Gasteiger partial charge in [0.2, 0.25) is 0 Å². The summed E-state index contributed by atoms with van der Waals surface area (Å²) >= 11 is 24.6. The van der Waals surface area contributed by atoms with E-state index in [4.69, 9.17) is 56.7 Å². The molecule has 1 saturated heterocycles. The molecule has 0 aliphatic carbocycles. The first-order valence-electron chi connectivity index (χ1n) is 13.3. The number of fused-ring (bicyclic) bond motifs is 1. The number of aromatic amines is 1. The van der Waals surface area contributed by atoms with Gasteiger partial charge in [0.05, 0.1) is 29.0 Å². The summed E-state index contributed by atoms with van der Waals surface area (Å²) in [5.41, 5.74) is 2.99. The number of aromatic nitrogens is 4. The number of H-pyrrole nitrogens is 1. The predicted molar refractivity (Wildman–Crippen MR) is 168 cm³/mol. The van der Waals surface area contributed by atoms with Gasteiger partial charge in [-0.2, -0.15) is 4.98 Å². The molecule has 0 spiro atoms. The zero-order chi connectivity index (χ0) is 29.1. The van der Waals surface area contributed by atoms with Crippen molar-refractivity contribution >= 4 is 57.8 Å². The first kappa shape index (κ1) is 29.8. The second-order valence-corrected chi connectivity index (χ2v) is 11.7. The molecule has 3 heterocycles. The number of benzene rings is 2. The van der Waals surface area contributed by atoms with Crippen molar-refractivity contribution in [3.8, 4) is 17.1 Å². The summed E-state index contributed by atoms with van der Waals surface area (Å²) in [6, 6.07) is 11.0. The van der Waals surface area contributed by atoms with Gasteiger partial charge in [0.1, 0.15) is 17.1 Å². The van der Waals surface area contributed by atoms with E-state index in [1.165, 1.54) is 0 Å². The molecule has 0 aromatic heterocycles. The highest BCUT2D eigenvalue weighted by molar-refractivity contribution is 7.80. The molecule has 1 fully saturated rings. The summed E-state index contributed by atoms with van der Waals surface area (Å²) in [5, 5.41) is 11.4. The lowest BCUT2D eigenvalue weighted by atomic mass is 10.1. The Hall–Kier alpha value is -2.73. The number of halogens is 3. The van der Waals surface area contributed by atoms with Crippen molar-refractivity contribution in [1.82, 2.24) is 30.0 Å². The molecule has 0 amide bonds. The maximum Gasteiger partial charge on any atom is 0.284 e. The van der Waals surface area contributed by atoms with E-state index in [2.05, 4.69) is 25.6 Å². The molecule has 0 unspecified atom stereocenters. The number of hydrogen-bond acceptors (Lipinski definition) is 6. The number of morpholine rings is 1. The normalized spacial score (nSPS) is 14.1. The largest absolute Gasteiger partial charge is 0.379 e. The molecule has 0 radical (unpaired) electrons. The van der Waals surface area contributed by atoms with Gasteiger partial charge in [-0.3, -0.25) is 14.8 Å². The van der Waals surface area contributed by atoms with Gasteiger partial charge in [-0.05, 0) is 48.0 Å². The average Bonchev–Trinajstić information content (AvgIpc) is 3.30. The third kappa shape index (κ3) is 7.02. The van der Waals surface area contributed by atoms with Gasteiger partial charge in [-0.25, -0.2) is 9.67 Å². The first-order valence-corrected chi connectivity index (χ1v) is 14.8. The minimum absolute atomic E-state index is 0.00531. The third-order valence-electron chi connectivity index (χ3n) is 6.79. The summed E-state index contributed by atoms with van der Waals surface area (Å²) in [6.07, 6.45) is 0.359. The molecule has 2 aromatic rings. The fourth-order valence-electron chi connectivity index (χ4n) is 4.72. The second kappa shape index (κ2) is 13.1. The third-order valence-corrected chi connectivity index (χ3v) is 7.83. The summed E-state index contributed by atoms with van der Waals surface area (Å²) in [6.45, 7) is 9.07. The minimum atomic E-state index is -0.364. The lowest BCUT2D eigenvalue weighted by molar-refractivity contribution is 0.0389. The zero-order valence-corrected chi connectivity index (χ0v) is 25.7. The van der Waals surface area contributed by atoms with Crippen molar-refractivity contribution in [2.45, 2.75) is 26.2 Å². The number of ether oxygens (including phenoxy) is 1. The number of thiocarbonyl (C=S) groups is 1. The van der Waals surface area contributed by atoms with E-state index < -0.39 is 0 Å². The number of anilines is 1. The molecule has 216 valence electrons. The Morgan fingerprint density at radius 1 is 1.10 bits per heavy atom. The topological polar surface area (TPSA) is 100 Å². The Kier molecular flexibility index (Phi) is 9.48. The van der Waals surface area contributed by atoms with Crippen LogP contribution in [-0.4, -0.2) is 69.2 Å². The van der Waals surface area contributed by atoms with E-state index in [0.29, 0.717) is 55.2 Å². The van der Waals surface area contributed by atoms with Crippen molar-refractivity contribution in [3.63, 3.8) is 0 Å². The highest BCUT2D eigenvalue weighted by Crippen LogP contribution is 2.36. The number of nitrogens with one attached hydrogen (secondary N) is 3. The fourth-order valence-corrected chi connectivity index (χ4v) is 5.93. The van der Waals surface area contributed by atoms with Crippen molar-refractivity contribution in [1.29, 1.82) is 0 Å². The van der Waals surface area contributed by atoms with E-state index in [-0.39, 0.29) is 11.5 Å². The van der Waals surface area contributed by atoms with Gasteiger partial charge >= 0.3 is 0 Å². The van der Waals surface area contributed by atoms with Gasteiger partial charge in [0.15, 0.2) is 10.9 Å². The molecule has 2 aromatic carbocycles. The van der Waals surface area contributed by atoms with Crippen molar-refractivity contribution in [2.24, 2.45) is 0 Å². The Morgan fingerprint density at radius 2 is 1.78 bits per heavy atom. The maximum atomic E-state index is 13.2. The quantitative estimate of drug-likeness (QED) is 0.223. The maximum absolute atomic E-state index is 13.2. The van der Waals surface area contributed by atoms with E-state index in [1.807, 2.05) is 38.1 Å². The average molecular weight is 635 g/mol. The molecule has 9 nitrogen and oxygen atoms in total. The second-order valence-electron chi connectivity index (χ2n) is 10.1. The summed E-state index contributed by atoms with van der Waals surface area (Å²) < 4.78 is 7.02. The van der Waals surface area contributed by atoms with E-state index in [9.17, 15) is 4.79 Å². The van der Waals surface area contributed by atoms with Crippen LogP contribution in [0, 0.1) is 0 Å². The van der Waals surface area contributed by atoms with Gasteiger partial charge in [-0.15, -0.1) is 0 Å². The van der Waals surface area contributed by atoms with Gasteiger partial charge in [0, 0.05) is 43.3 Å². The van der Waals surface area contributed by atoms with Crippen LogP contribution < -0.4 is 16.2 Å². The molecule has 3 aliphatic rings. The Balaban J connectivity index is 1.32. The molecule has 0 bridgehead atoms. The number of rotatable bonds is 8. The molecule has 0 atom stereocenters. The predicted octanol–water partition coefficient (Wildman–Crippen LogP) is 5.35. The molecule has 3 aliphatic heterocycles. The van der Waals surface area contributed by atoms with Gasteiger partial charge in [0.25, 0.3) is 5.56 Å². The van der Waals surface area contributed by atoms with E-state index in [1.54, 1.807) is 16.8 Å². The van der Waals surface area contributed by atoms with Crippen LogP contribution in [0.2, 0.25) is 15.1 Å². The molecule has 13 heteroatoms. The fraction of sp³-hybridized carbons (Fsp3) is 0.357. The van der Waals surface area contributed by atoms with Crippen molar-refractivity contribution in [2.75, 3.05) is 44.7 Å². The lowest BCUT2D eigenvalue weighted by Gasteiger charge is -2.26. The molecule has 3 N–H and O–H groups in total. The summed E-state index contributed by atoms with van der Waals surface area (Å²) in [7, 11) is 0. The molecule has 5 rings (SSSR count). The summed E-state index contributed by atoms with van der Waals surface area (Å²) in [5.74, 6) is 0.792. The lowest BCUT2D eigenvalue weighted by Crippen LogP contribution is -2.42. The standard InChI is InChI=1S/C28H30Cl3N7O2S/c1-16(2)24-23-26(38(36-24)25-20(30)14-18(29)15-21(25)31)34-22(35-27(23)39)13-17-3-5-19(6-4-17)33-28(41)32-7-8-37-9-11-40-12-10-37/h3-6,14-16,36H,7-13H2,1-2H3,(H2,32,33,41). The highest BCUT2D eigenvalue weighted by atomic mass is 35.5. The Morgan fingerprint density at radius 3 is 2.44 bits per heavy atom. The van der Waals surface area contributed by atoms with E-state index in [0.717, 1.165) is 50.6 Å². The van der Waals surface area contributed by atoms with Gasteiger partial charge < -0.3 is 15.4 Å². The molecular weight excluding hydrogens is 605 g/mol. The number of nitrogens with zero attached hydrogens (tertiary/aromatic N) is 4. The highest BCUT2D eigenvalue weighted by Gasteiger charge is 2.27. The van der Waals surface area contributed by atoms with Crippen LogP contribution in [-0.2, 0) is 11.2 Å². The minimum Gasteiger partial charge on any atom is -0.379 e. The van der Waals surface area contributed by atoms with Crippen molar-refractivity contribution < 1.29 is 4.74 Å². The Bertz CT molecular complexity index is 1540. The van der Waals surface area contributed by atoms with Crippen LogP contribution in [0.15, 0.2) is 41.2 Å². The smallest absolute Gasteiger partial charge is 0.284 e.